The molecule has 0 radical (unpaired) electrons. The van der Waals surface area contributed by atoms with Gasteiger partial charge in [0, 0.05) is 43.1 Å². The van der Waals surface area contributed by atoms with E-state index in [-0.39, 0.29) is 29.9 Å². The smallest absolute Gasteiger partial charge is 0.330 e. The highest BCUT2D eigenvalue weighted by Crippen LogP contribution is 2.40. The van der Waals surface area contributed by atoms with E-state index in [2.05, 4.69) is 19.7 Å². The first-order chi connectivity index (χ1) is 18.0. The minimum absolute atomic E-state index is 0.176. The zero-order valence-electron chi connectivity index (χ0n) is 24.2. The number of aliphatic hydroxyl groups excluding tert-OH is 3. The molecule has 0 atom stereocenters. The van der Waals surface area contributed by atoms with Crippen molar-refractivity contribution in [3.8, 4) is 0 Å². The molecule has 39 heavy (non-hydrogen) atoms. The van der Waals surface area contributed by atoms with E-state index in [1.807, 2.05) is 0 Å². The first-order valence-corrected chi connectivity index (χ1v) is 12.0. The summed E-state index contributed by atoms with van der Waals surface area (Å²) in [7, 11) is 0. The van der Waals surface area contributed by atoms with Crippen LogP contribution in [0.2, 0.25) is 0 Å². The third-order valence-electron chi connectivity index (χ3n) is 4.41. The molecule has 13 nitrogen and oxygen atoms in total. The molecule has 0 saturated heterocycles. The molecule has 0 aromatic heterocycles. The molecular formula is C26H48O13. The van der Waals surface area contributed by atoms with Crippen molar-refractivity contribution in [1.29, 1.82) is 0 Å². The standard InChI is InChI=1S/C14H30O7.3C4H6O2/c1-5-18-12(19-6-2)14(20-7-3,21-8-4)13(9-15,10-16)11-17;3*1-3(2)4(5)6/h12,15-17H,5-11H2,1-4H3;3*1H2,2H3,(H,5,6). The normalized spacial score (nSPS) is 10.5. The summed E-state index contributed by atoms with van der Waals surface area (Å²) in [6.45, 7) is 20.4. The van der Waals surface area contributed by atoms with Crippen LogP contribution in [0.1, 0.15) is 48.5 Å². The van der Waals surface area contributed by atoms with Crippen LogP contribution in [-0.2, 0) is 33.3 Å². The van der Waals surface area contributed by atoms with E-state index in [9.17, 15) is 29.7 Å². The predicted molar refractivity (Wildman–Crippen MR) is 144 cm³/mol. The van der Waals surface area contributed by atoms with E-state index in [1.165, 1.54) is 20.8 Å². The maximum absolute atomic E-state index is 9.76. The SMILES string of the molecule is C=C(C)C(=O)O.C=C(C)C(=O)O.C=C(C)C(=O)O.CCOC(OCC)C(OCC)(OCC)C(CO)(CO)CO. The second-order valence-electron chi connectivity index (χ2n) is 7.79. The van der Waals surface area contributed by atoms with Crippen molar-refractivity contribution >= 4 is 17.9 Å². The fourth-order valence-electron chi connectivity index (χ4n) is 2.21. The molecule has 6 N–H and O–H groups in total. The van der Waals surface area contributed by atoms with Crippen molar-refractivity contribution < 1.29 is 64.0 Å². The third-order valence-corrected chi connectivity index (χ3v) is 4.41. The van der Waals surface area contributed by atoms with E-state index in [0.717, 1.165) is 0 Å². The molecule has 13 heteroatoms. The van der Waals surface area contributed by atoms with Crippen LogP contribution < -0.4 is 0 Å². The van der Waals surface area contributed by atoms with Crippen LogP contribution >= 0.6 is 0 Å². The zero-order chi connectivity index (χ0) is 31.8. The molecule has 0 heterocycles. The molecule has 0 saturated carbocycles. The average Bonchev–Trinajstić information content (AvgIpc) is 2.86. The number of carboxylic acids is 3. The Bertz CT molecular complexity index is 629. The monoisotopic (exact) mass is 568 g/mol. The first kappa shape index (κ1) is 43.4. The van der Waals surface area contributed by atoms with Gasteiger partial charge in [0.1, 0.15) is 0 Å². The van der Waals surface area contributed by atoms with Gasteiger partial charge < -0.3 is 49.6 Å². The van der Waals surface area contributed by atoms with Crippen molar-refractivity contribution in [2.75, 3.05) is 46.2 Å². The van der Waals surface area contributed by atoms with Gasteiger partial charge in [-0.3, -0.25) is 0 Å². The summed E-state index contributed by atoms with van der Waals surface area (Å²) in [5.74, 6) is -4.42. The molecule has 230 valence electrons. The number of hydrogen-bond donors (Lipinski definition) is 6. The quantitative estimate of drug-likeness (QED) is 0.116. The van der Waals surface area contributed by atoms with Crippen LogP contribution in [0.4, 0.5) is 0 Å². The summed E-state index contributed by atoms with van der Waals surface area (Å²) in [6.07, 6.45) is -0.987. The van der Waals surface area contributed by atoms with Crippen molar-refractivity contribution in [2.45, 2.75) is 60.5 Å². The number of carboxylic acid groups (broad SMARTS) is 3. The Morgan fingerprint density at radius 2 is 0.846 bits per heavy atom. The zero-order valence-corrected chi connectivity index (χ0v) is 24.2. The van der Waals surface area contributed by atoms with Crippen LogP contribution in [0.3, 0.4) is 0 Å². The van der Waals surface area contributed by atoms with E-state index < -0.39 is 55.2 Å². The number of carbonyl (C=O) groups is 3. The highest BCUT2D eigenvalue weighted by molar-refractivity contribution is 5.85. The summed E-state index contributed by atoms with van der Waals surface area (Å²) in [4.78, 5) is 28.8. The maximum Gasteiger partial charge on any atom is 0.330 e. The Morgan fingerprint density at radius 1 is 0.615 bits per heavy atom. The lowest BCUT2D eigenvalue weighted by Gasteiger charge is -2.49. The Hall–Kier alpha value is -2.65. The average molecular weight is 569 g/mol. The van der Waals surface area contributed by atoms with Gasteiger partial charge in [-0.05, 0) is 48.5 Å². The van der Waals surface area contributed by atoms with E-state index in [1.54, 1.807) is 27.7 Å². The molecule has 0 aliphatic carbocycles. The second kappa shape index (κ2) is 24.4. The van der Waals surface area contributed by atoms with E-state index in [4.69, 9.17) is 34.3 Å². The van der Waals surface area contributed by atoms with Crippen molar-refractivity contribution in [2.24, 2.45) is 5.41 Å². The molecule has 0 bridgehead atoms. The van der Waals surface area contributed by atoms with Gasteiger partial charge in [0.2, 0.25) is 12.1 Å². The van der Waals surface area contributed by atoms with Gasteiger partial charge in [-0.25, -0.2) is 14.4 Å². The highest BCUT2D eigenvalue weighted by atomic mass is 16.8. The Morgan fingerprint density at radius 3 is 0.974 bits per heavy atom. The summed E-state index contributed by atoms with van der Waals surface area (Å²) in [6, 6.07) is 0. The first-order valence-electron chi connectivity index (χ1n) is 12.0. The lowest BCUT2D eigenvalue weighted by Crippen LogP contribution is -2.66. The van der Waals surface area contributed by atoms with Crippen LogP contribution in [-0.4, -0.2) is 107 Å². The maximum atomic E-state index is 9.76. The lowest BCUT2D eigenvalue weighted by atomic mass is 9.80. The molecule has 0 fully saturated rings. The van der Waals surface area contributed by atoms with Gasteiger partial charge >= 0.3 is 17.9 Å². The Labute approximate surface area is 231 Å². The molecule has 0 unspecified atom stereocenters. The van der Waals surface area contributed by atoms with Gasteiger partial charge in [-0.2, -0.15) is 0 Å². The highest BCUT2D eigenvalue weighted by Gasteiger charge is 2.59. The predicted octanol–water partition coefficient (Wildman–Crippen LogP) is 2.06. The summed E-state index contributed by atoms with van der Waals surface area (Å²) in [5, 5.41) is 53.0. The van der Waals surface area contributed by atoms with Crippen molar-refractivity contribution in [3.05, 3.63) is 36.5 Å². The second-order valence-corrected chi connectivity index (χ2v) is 7.79. The topological polar surface area (TPSA) is 210 Å². The van der Waals surface area contributed by atoms with Crippen LogP contribution in [0, 0.1) is 5.41 Å². The fraction of sp³-hybridized carbons (Fsp3) is 0.654. The van der Waals surface area contributed by atoms with Crippen LogP contribution in [0.25, 0.3) is 0 Å². The molecule has 0 aliphatic rings. The van der Waals surface area contributed by atoms with Crippen molar-refractivity contribution in [1.82, 2.24) is 0 Å². The minimum atomic E-state index is -1.61. The molecule has 0 amide bonds. The molecular weight excluding hydrogens is 520 g/mol. The van der Waals surface area contributed by atoms with Crippen molar-refractivity contribution in [3.63, 3.8) is 0 Å². The van der Waals surface area contributed by atoms with Crippen LogP contribution in [0.5, 0.6) is 0 Å². The lowest BCUT2D eigenvalue weighted by molar-refractivity contribution is -0.403. The van der Waals surface area contributed by atoms with Gasteiger partial charge in [0.15, 0.2) is 0 Å². The summed E-state index contributed by atoms with van der Waals surface area (Å²) < 4.78 is 22.6. The summed E-state index contributed by atoms with van der Waals surface area (Å²) in [5.41, 5.74) is -0.936. The molecule has 0 aromatic rings. The van der Waals surface area contributed by atoms with E-state index in [0.29, 0.717) is 13.2 Å². The Balaban J connectivity index is -0.000000274. The Kier molecular flexibility index (Phi) is 27.1. The number of aliphatic hydroxyl groups is 3. The minimum Gasteiger partial charge on any atom is -0.478 e. The number of ether oxygens (including phenoxy) is 4. The largest absolute Gasteiger partial charge is 0.478 e. The fourth-order valence-corrected chi connectivity index (χ4v) is 2.21. The van der Waals surface area contributed by atoms with Gasteiger partial charge in [-0.1, -0.05) is 19.7 Å². The van der Waals surface area contributed by atoms with Gasteiger partial charge in [0.05, 0.1) is 25.2 Å². The number of aliphatic carboxylic acids is 3. The van der Waals surface area contributed by atoms with Crippen LogP contribution in [0.15, 0.2) is 36.5 Å². The third kappa shape index (κ3) is 17.5. The van der Waals surface area contributed by atoms with Gasteiger partial charge in [0.25, 0.3) is 0 Å². The number of hydrogen-bond acceptors (Lipinski definition) is 10. The molecule has 0 rings (SSSR count). The molecule has 0 aliphatic heterocycles. The molecule has 0 aromatic carbocycles. The molecule has 0 spiro atoms. The number of rotatable bonds is 16. The summed E-state index contributed by atoms with van der Waals surface area (Å²) >= 11 is 0. The van der Waals surface area contributed by atoms with E-state index >= 15 is 0 Å². The van der Waals surface area contributed by atoms with Gasteiger partial charge in [-0.15, -0.1) is 0 Å².